The first-order valence-corrected chi connectivity index (χ1v) is 10.8. The van der Waals surface area contributed by atoms with Crippen LogP contribution in [0.2, 0.25) is 10.0 Å². The highest BCUT2D eigenvalue weighted by molar-refractivity contribution is 6.35. The fourth-order valence-electron chi connectivity index (χ4n) is 2.89. The van der Waals surface area contributed by atoms with E-state index >= 15 is 0 Å². The molecule has 0 bridgehead atoms. The number of unbranched alkanes of at least 4 members (excludes halogenated alkanes) is 1. The zero-order valence-corrected chi connectivity index (χ0v) is 19.1. The quantitative estimate of drug-likeness (QED) is 0.517. The van der Waals surface area contributed by atoms with E-state index in [1.54, 1.807) is 25.1 Å². The standard InChI is InChI=1S/C23H28Cl2N2O3/c1-4-5-12-26-23(29)17(3)27(14-18-10-11-19(24)13-20(18)25)22(28)15-30-21-9-7-6-8-16(21)2/h6-11,13,17H,4-5,12,14-15H2,1-3H3,(H,26,29). The number of para-hydroxylation sites is 1. The summed E-state index contributed by atoms with van der Waals surface area (Å²) in [7, 11) is 0. The average molecular weight is 451 g/mol. The molecule has 162 valence electrons. The van der Waals surface area contributed by atoms with Crippen LogP contribution in [0.25, 0.3) is 0 Å². The molecule has 0 fully saturated rings. The third kappa shape index (κ3) is 6.92. The molecular weight excluding hydrogens is 423 g/mol. The van der Waals surface area contributed by atoms with E-state index in [4.69, 9.17) is 27.9 Å². The number of rotatable bonds is 10. The number of carbonyl (C=O) groups excluding carboxylic acids is 2. The van der Waals surface area contributed by atoms with Gasteiger partial charge in [0.15, 0.2) is 6.61 Å². The van der Waals surface area contributed by atoms with Crippen molar-refractivity contribution in [3.8, 4) is 5.75 Å². The van der Waals surface area contributed by atoms with Crippen molar-refractivity contribution in [1.29, 1.82) is 0 Å². The molecule has 5 nitrogen and oxygen atoms in total. The van der Waals surface area contributed by atoms with E-state index in [0.717, 1.165) is 18.4 Å². The van der Waals surface area contributed by atoms with Crippen molar-refractivity contribution < 1.29 is 14.3 Å². The summed E-state index contributed by atoms with van der Waals surface area (Å²) in [6.07, 6.45) is 1.85. The first kappa shape index (κ1) is 24.0. The van der Waals surface area contributed by atoms with Crippen LogP contribution < -0.4 is 10.1 Å². The first-order chi connectivity index (χ1) is 14.3. The zero-order valence-electron chi connectivity index (χ0n) is 17.6. The van der Waals surface area contributed by atoms with Crippen molar-refractivity contribution >= 4 is 35.0 Å². The molecule has 0 heterocycles. The molecule has 0 saturated carbocycles. The Balaban J connectivity index is 2.17. The summed E-state index contributed by atoms with van der Waals surface area (Å²) >= 11 is 12.3. The minimum Gasteiger partial charge on any atom is -0.484 e. The van der Waals surface area contributed by atoms with Crippen LogP contribution in [0.4, 0.5) is 0 Å². The van der Waals surface area contributed by atoms with Crippen LogP contribution >= 0.6 is 23.2 Å². The van der Waals surface area contributed by atoms with Crippen LogP contribution in [-0.4, -0.2) is 35.9 Å². The molecule has 0 spiro atoms. The molecule has 0 aliphatic rings. The Labute approximate surface area is 188 Å². The minimum atomic E-state index is -0.679. The Hall–Kier alpha value is -2.24. The van der Waals surface area contributed by atoms with E-state index in [2.05, 4.69) is 12.2 Å². The van der Waals surface area contributed by atoms with Crippen molar-refractivity contribution in [2.75, 3.05) is 13.2 Å². The van der Waals surface area contributed by atoms with Gasteiger partial charge in [-0.15, -0.1) is 0 Å². The predicted molar refractivity (Wildman–Crippen MR) is 121 cm³/mol. The normalized spacial score (nSPS) is 11.6. The summed E-state index contributed by atoms with van der Waals surface area (Å²) in [4.78, 5) is 27.1. The smallest absolute Gasteiger partial charge is 0.261 e. The predicted octanol–water partition coefficient (Wildman–Crippen LogP) is 5.01. The van der Waals surface area contributed by atoms with Gasteiger partial charge in [0, 0.05) is 23.1 Å². The number of hydrogen-bond donors (Lipinski definition) is 1. The molecule has 2 amide bonds. The van der Waals surface area contributed by atoms with Gasteiger partial charge in [0.05, 0.1) is 0 Å². The first-order valence-electron chi connectivity index (χ1n) is 10.0. The summed E-state index contributed by atoms with van der Waals surface area (Å²) in [5, 5.41) is 3.84. The summed E-state index contributed by atoms with van der Waals surface area (Å²) in [5.41, 5.74) is 1.64. The van der Waals surface area contributed by atoms with Crippen molar-refractivity contribution in [2.45, 2.75) is 46.2 Å². The lowest BCUT2D eigenvalue weighted by molar-refractivity contribution is -0.142. The number of aryl methyl sites for hydroxylation is 1. The highest BCUT2D eigenvalue weighted by Gasteiger charge is 2.27. The number of benzene rings is 2. The number of amides is 2. The van der Waals surface area contributed by atoms with Crippen LogP contribution in [-0.2, 0) is 16.1 Å². The Kier molecular flexibility index (Phi) is 9.47. The summed E-state index contributed by atoms with van der Waals surface area (Å²) < 4.78 is 5.72. The molecule has 30 heavy (non-hydrogen) atoms. The van der Waals surface area contributed by atoms with Gasteiger partial charge in [-0.3, -0.25) is 9.59 Å². The maximum Gasteiger partial charge on any atom is 0.261 e. The van der Waals surface area contributed by atoms with Crippen LogP contribution in [0, 0.1) is 6.92 Å². The van der Waals surface area contributed by atoms with E-state index in [-0.39, 0.29) is 25.0 Å². The minimum absolute atomic E-state index is 0.175. The van der Waals surface area contributed by atoms with Gasteiger partial charge in [0.25, 0.3) is 5.91 Å². The monoisotopic (exact) mass is 450 g/mol. The molecule has 2 aromatic rings. The fourth-order valence-corrected chi connectivity index (χ4v) is 3.36. The Morgan fingerprint density at radius 3 is 2.57 bits per heavy atom. The van der Waals surface area contributed by atoms with E-state index in [0.29, 0.717) is 27.9 Å². The number of hydrogen-bond acceptors (Lipinski definition) is 3. The van der Waals surface area contributed by atoms with E-state index in [1.165, 1.54) is 4.90 Å². The lowest BCUT2D eigenvalue weighted by Gasteiger charge is -2.29. The summed E-state index contributed by atoms with van der Waals surface area (Å²) in [6, 6.07) is 11.9. The van der Waals surface area contributed by atoms with Gasteiger partial charge in [0.1, 0.15) is 11.8 Å². The Morgan fingerprint density at radius 2 is 1.90 bits per heavy atom. The van der Waals surface area contributed by atoms with Gasteiger partial charge >= 0.3 is 0 Å². The largest absolute Gasteiger partial charge is 0.484 e. The Morgan fingerprint density at radius 1 is 1.17 bits per heavy atom. The van der Waals surface area contributed by atoms with Crippen molar-refractivity contribution in [1.82, 2.24) is 10.2 Å². The maximum atomic E-state index is 13.0. The second-order valence-electron chi connectivity index (χ2n) is 7.13. The molecule has 0 radical (unpaired) electrons. The van der Waals surface area contributed by atoms with Gasteiger partial charge < -0.3 is 15.0 Å². The molecule has 0 aromatic heterocycles. The van der Waals surface area contributed by atoms with Gasteiger partial charge in [0.2, 0.25) is 5.91 Å². The van der Waals surface area contributed by atoms with Gasteiger partial charge in [-0.2, -0.15) is 0 Å². The number of carbonyl (C=O) groups is 2. The molecule has 1 atom stereocenters. The molecule has 1 unspecified atom stereocenters. The molecule has 7 heteroatoms. The highest BCUT2D eigenvalue weighted by atomic mass is 35.5. The topological polar surface area (TPSA) is 58.6 Å². The molecule has 0 aliphatic carbocycles. The number of nitrogens with zero attached hydrogens (tertiary/aromatic N) is 1. The second kappa shape index (κ2) is 11.8. The fraction of sp³-hybridized carbons (Fsp3) is 0.391. The lowest BCUT2D eigenvalue weighted by Crippen LogP contribution is -2.49. The summed E-state index contributed by atoms with van der Waals surface area (Å²) in [6.45, 7) is 6.24. The lowest BCUT2D eigenvalue weighted by atomic mass is 10.1. The number of nitrogens with one attached hydrogen (secondary N) is 1. The van der Waals surface area contributed by atoms with Gasteiger partial charge in [-0.1, -0.05) is 60.8 Å². The van der Waals surface area contributed by atoms with Crippen LogP contribution in [0.1, 0.15) is 37.8 Å². The van der Waals surface area contributed by atoms with Crippen molar-refractivity contribution in [3.63, 3.8) is 0 Å². The van der Waals surface area contributed by atoms with Crippen molar-refractivity contribution in [3.05, 3.63) is 63.6 Å². The highest BCUT2D eigenvalue weighted by Crippen LogP contribution is 2.23. The third-order valence-corrected chi connectivity index (χ3v) is 5.38. The van der Waals surface area contributed by atoms with Gasteiger partial charge in [-0.25, -0.2) is 0 Å². The van der Waals surface area contributed by atoms with Gasteiger partial charge in [-0.05, 0) is 49.6 Å². The van der Waals surface area contributed by atoms with E-state index in [1.807, 2.05) is 31.2 Å². The zero-order chi connectivity index (χ0) is 22.1. The molecule has 2 aromatic carbocycles. The van der Waals surface area contributed by atoms with Crippen LogP contribution in [0.15, 0.2) is 42.5 Å². The van der Waals surface area contributed by atoms with Crippen LogP contribution in [0.3, 0.4) is 0 Å². The van der Waals surface area contributed by atoms with E-state index in [9.17, 15) is 9.59 Å². The Bertz CT molecular complexity index is 873. The second-order valence-corrected chi connectivity index (χ2v) is 7.98. The molecule has 1 N–H and O–H groups in total. The molecule has 2 rings (SSSR count). The third-order valence-electron chi connectivity index (χ3n) is 4.80. The van der Waals surface area contributed by atoms with Crippen molar-refractivity contribution in [2.24, 2.45) is 0 Å². The number of ether oxygens (including phenoxy) is 1. The number of halogens is 2. The van der Waals surface area contributed by atoms with Crippen LogP contribution in [0.5, 0.6) is 5.75 Å². The molecular formula is C23H28Cl2N2O3. The average Bonchev–Trinajstić information content (AvgIpc) is 2.72. The maximum absolute atomic E-state index is 13.0. The molecule has 0 aliphatic heterocycles. The molecule has 0 saturated heterocycles. The van der Waals surface area contributed by atoms with E-state index < -0.39 is 6.04 Å². The summed E-state index contributed by atoms with van der Waals surface area (Å²) in [5.74, 6) is 0.121. The SMILES string of the molecule is CCCCNC(=O)C(C)N(Cc1ccc(Cl)cc1Cl)C(=O)COc1ccccc1C.